The van der Waals surface area contributed by atoms with Crippen LogP contribution in [0.2, 0.25) is 0 Å². The SMILES string of the molecule is CCOC(=O)NNC(=O)N(C)C. The van der Waals surface area contributed by atoms with E-state index in [1.807, 2.05) is 0 Å². The molecule has 0 bridgehead atoms. The van der Waals surface area contributed by atoms with Crippen LogP contribution in [0.4, 0.5) is 9.59 Å². The predicted molar refractivity (Wildman–Crippen MR) is 42.4 cm³/mol. The summed E-state index contributed by atoms with van der Waals surface area (Å²) in [6.07, 6.45) is -0.673. The molecule has 0 spiro atoms. The second-order valence-electron chi connectivity index (χ2n) is 2.17. The summed E-state index contributed by atoms with van der Waals surface area (Å²) in [7, 11) is 3.12. The molecule has 2 N–H and O–H groups in total. The normalized spacial score (nSPS) is 8.58. The molecule has 70 valence electrons. The second kappa shape index (κ2) is 5.22. The fourth-order valence-electron chi connectivity index (χ4n) is 0.383. The number of hydrogen-bond donors (Lipinski definition) is 2. The molecule has 0 aromatic carbocycles. The molecule has 0 radical (unpaired) electrons. The van der Waals surface area contributed by atoms with Crippen molar-refractivity contribution >= 4 is 12.1 Å². The van der Waals surface area contributed by atoms with Crippen molar-refractivity contribution in [3.05, 3.63) is 0 Å². The number of carbonyl (C=O) groups is 2. The summed E-state index contributed by atoms with van der Waals surface area (Å²) in [4.78, 5) is 22.7. The van der Waals surface area contributed by atoms with E-state index in [-0.39, 0.29) is 6.61 Å². The van der Waals surface area contributed by atoms with Crippen LogP contribution in [0.25, 0.3) is 0 Å². The number of hydrazine groups is 1. The molecular weight excluding hydrogens is 162 g/mol. The standard InChI is InChI=1S/C6H13N3O3/c1-4-12-6(11)8-7-5(10)9(2)3/h4H2,1-3H3,(H,7,10)(H,8,11). The molecule has 0 aromatic heterocycles. The van der Waals surface area contributed by atoms with Gasteiger partial charge < -0.3 is 9.64 Å². The summed E-state index contributed by atoms with van der Waals surface area (Å²) in [6.45, 7) is 1.94. The average molecular weight is 175 g/mol. The van der Waals surface area contributed by atoms with E-state index >= 15 is 0 Å². The zero-order valence-electron chi connectivity index (χ0n) is 7.38. The van der Waals surface area contributed by atoms with Crippen molar-refractivity contribution in [2.24, 2.45) is 0 Å². The third kappa shape index (κ3) is 4.37. The third-order valence-corrected chi connectivity index (χ3v) is 0.953. The van der Waals surface area contributed by atoms with Gasteiger partial charge in [0.2, 0.25) is 0 Å². The maximum Gasteiger partial charge on any atom is 0.426 e. The van der Waals surface area contributed by atoms with Crippen LogP contribution >= 0.6 is 0 Å². The first-order chi connectivity index (χ1) is 5.57. The van der Waals surface area contributed by atoms with Crippen molar-refractivity contribution in [2.45, 2.75) is 6.92 Å². The van der Waals surface area contributed by atoms with Gasteiger partial charge in [0.15, 0.2) is 0 Å². The highest BCUT2D eigenvalue weighted by Crippen LogP contribution is 1.76. The van der Waals surface area contributed by atoms with Crippen LogP contribution < -0.4 is 10.9 Å². The van der Waals surface area contributed by atoms with Gasteiger partial charge >= 0.3 is 12.1 Å². The van der Waals surface area contributed by atoms with Crippen LogP contribution in [0.3, 0.4) is 0 Å². The Morgan fingerprint density at radius 1 is 1.33 bits per heavy atom. The van der Waals surface area contributed by atoms with E-state index in [0.29, 0.717) is 0 Å². The first-order valence-corrected chi connectivity index (χ1v) is 3.48. The van der Waals surface area contributed by atoms with Crippen LogP contribution in [0.5, 0.6) is 0 Å². The smallest absolute Gasteiger partial charge is 0.426 e. The van der Waals surface area contributed by atoms with Gasteiger partial charge in [0.25, 0.3) is 0 Å². The minimum absolute atomic E-state index is 0.268. The fraction of sp³-hybridized carbons (Fsp3) is 0.667. The predicted octanol–water partition coefficient (Wildman–Crippen LogP) is -0.0813. The number of rotatable bonds is 1. The third-order valence-electron chi connectivity index (χ3n) is 0.953. The van der Waals surface area contributed by atoms with Crippen molar-refractivity contribution in [3.63, 3.8) is 0 Å². The lowest BCUT2D eigenvalue weighted by Gasteiger charge is -2.11. The van der Waals surface area contributed by atoms with Crippen LogP contribution in [-0.2, 0) is 4.74 Å². The van der Waals surface area contributed by atoms with Gasteiger partial charge in [0, 0.05) is 14.1 Å². The lowest BCUT2D eigenvalue weighted by molar-refractivity contribution is 0.145. The van der Waals surface area contributed by atoms with Gasteiger partial charge in [-0.25, -0.2) is 20.4 Å². The summed E-state index contributed by atoms with van der Waals surface area (Å²) in [6, 6.07) is -0.414. The van der Waals surface area contributed by atoms with Gasteiger partial charge in [-0.15, -0.1) is 0 Å². The Labute approximate surface area is 70.8 Å². The topological polar surface area (TPSA) is 70.7 Å². The maximum absolute atomic E-state index is 10.8. The molecule has 0 aromatic rings. The number of hydrogen-bond acceptors (Lipinski definition) is 3. The minimum atomic E-state index is -0.673. The lowest BCUT2D eigenvalue weighted by atomic mass is 10.8. The van der Waals surface area contributed by atoms with E-state index in [0.717, 1.165) is 0 Å². The molecule has 0 aliphatic carbocycles. The van der Waals surface area contributed by atoms with Crippen LogP contribution in [0, 0.1) is 0 Å². The molecule has 0 aliphatic rings. The molecule has 0 unspecified atom stereocenters. The quantitative estimate of drug-likeness (QED) is 0.547. The Hall–Kier alpha value is -1.46. The van der Waals surface area contributed by atoms with Crippen LogP contribution in [-0.4, -0.2) is 37.7 Å². The second-order valence-corrected chi connectivity index (χ2v) is 2.17. The first-order valence-electron chi connectivity index (χ1n) is 3.48. The Morgan fingerprint density at radius 2 is 1.92 bits per heavy atom. The molecule has 0 atom stereocenters. The van der Waals surface area contributed by atoms with E-state index in [2.05, 4.69) is 15.6 Å². The summed E-state index contributed by atoms with van der Waals surface area (Å²) >= 11 is 0. The van der Waals surface area contributed by atoms with Gasteiger partial charge in [0.05, 0.1) is 6.61 Å². The van der Waals surface area contributed by atoms with E-state index < -0.39 is 12.1 Å². The monoisotopic (exact) mass is 175 g/mol. The highest BCUT2D eigenvalue weighted by Gasteiger charge is 2.04. The number of urea groups is 1. The molecule has 0 aliphatic heterocycles. The first kappa shape index (κ1) is 10.5. The molecule has 0 rings (SSSR count). The van der Waals surface area contributed by atoms with E-state index in [1.165, 1.54) is 4.90 Å². The van der Waals surface area contributed by atoms with Crippen molar-refractivity contribution in [2.75, 3.05) is 20.7 Å². The molecule has 0 heterocycles. The number of ether oxygens (including phenoxy) is 1. The largest absolute Gasteiger partial charge is 0.449 e. The van der Waals surface area contributed by atoms with Gasteiger partial charge in [0.1, 0.15) is 0 Å². The average Bonchev–Trinajstić information content (AvgIpc) is 2.00. The molecule has 12 heavy (non-hydrogen) atoms. The molecule has 0 saturated carbocycles. The van der Waals surface area contributed by atoms with Crippen molar-refractivity contribution in [1.82, 2.24) is 15.8 Å². The molecule has 3 amide bonds. The summed E-state index contributed by atoms with van der Waals surface area (Å²) < 4.78 is 4.49. The van der Waals surface area contributed by atoms with E-state index in [1.54, 1.807) is 21.0 Å². The zero-order valence-corrected chi connectivity index (χ0v) is 7.38. The Kier molecular flexibility index (Phi) is 4.59. The number of amides is 3. The van der Waals surface area contributed by atoms with Gasteiger partial charge in [-0.3, -0.25) is 0 Å². The zero-order chi connectivity index (χ0) is 9.56. The maximum atomic E-state index is 10.8. The van der Waals surface area contributed by atoms with Crippen LogP contribution in [0.1, 0.15) is 6.92 Å². The summed E-state index contributed by atoms with van der Waals surface area (Å²) in [5.74, 6) is 0. The molecule has 0 fully saturated rings. The number of carbonyl (C=O) groups excluding carboxylic acids is 2. The van der Waals surface area contributed by atoms with Crippen molar-refractivity contribution < 1.29 is 14.3 Å². The van der Waals surface area contributed by atoms with E-state index in [9.17, 15) is 9.59 Å². The van der Waals surface area contributed by atoms with Gasteiger partial charge in [-0.1, -0.05) is 0 Å². The lowest BCUT2D eigenvalue weighted by Crippen LogP contribution is -2.46. The highest BCUT2D eigenvalue weighted by atomic mass is 16.6. The van der Waals surface area contributed by atoms with Gasteiger partial charge in [-0.05, 0) is 6.92 Å². The van der Waals surface area contributed by atoms with E-state index in [4.69, 9.17) is 0 Å². The molecular formula is C6H13N3O3. The minimum Gasteiger partial charge on any atom is -0.449 e. The van der Waals surface area contributed by atoms with Crippen molar-refractivity contribution in [1.29, 1.82) is 0 Å². The highest BCUT2D eigenvalue weighted by molar-refractivity contribution is 5.77. The molecule has 6 heteroatoms. The number of nitrogens with zero attached hydrogens (tertiary/aromatic N) is 1. The summed E-state index contributed by atoms with van der Waals surface area (Å²) in [5.41, 5.74) is 4.19. The Bertz CT molecular complexity index is 169. The number of nitrogens with one attached hydrogen (secondary N) is 2. The molecule has 0 saturated heterocycles. The van der Waals surface area contributed by atoms with Crippen molar-refractivity contribution in [3.8, 4) is 0 Å². The Balaban J connectivity index is 3.54. The van der Waals surface area contributed by atoms with Gasteiger partial charge in [-0.2, -0.15) is 0 Å². The summed E-state index contributed by atoms with van der Waals surface area (Å²) in [5, 5.41) is 0. The molecule has 6 nitrogen and oxygen atoms in total. The van der Waals surface area contributed by atoms with Crippen LogP contribution in [0.15, 0.2) is 0 Å². The fourth-order valence-corrected chi connectivity index (χ4v) is 0.383. The Morgan fingerprint density at radius 3 is 2.33 bits per heavy atom.